The standard InChI is InChI=1S/C20H20FN3O3/c1-13(25)23-17-3-2-4-18(10-17)24-12-15(9-19(24)26)20(27)22-11-14-5-7-16(21)8-6-14/h2-8,10,15H,9,11-12H2,1H3,(H,22,27)(H,23,25)/t15-/m1/s1. The van der Waals surface area contributed by atoms with Gasteiger partial charge in [-0.1, -0.05) is 18.2 Å². The minimum Gasteiger partial charge on any atom is -0.352 e. The molecule has 1 aliphatic rings. The van der Waals surface area contributed by atoms with Crippen molar-refractivity contribution in [3.63, 3.8) is 0 Å². The van der Waals surface area contributed by atoms with Crippen molar-refractivity contribution in [2.75, 3.05) is 16.8 Å². The maximum absolute atomic E-state index is 12.9. The predicted molar refractivity (Wildman–Crippen MR) is 99.5 cm³/mol. The van der Waals surface area contributed by atoms with E-state index in [0.29, 0.717) is 11.4 Å². The van der Waals surface area contributed by atoms with Gasteiger partial charge in [0.2, 0.25) is 17.7 Å². The number of hydrogen-bond acceptors (Lipinski definition) is 3. The fourth-order valence-corrected chi connectivity index (χ4v) is 3.02. The van der Waals surface area contributed by atoms with Crippen molar-refractivity contribution in [2.45, 2.75) is 19.9 Å². The van der Waals surface area contributed by atoms with Gasteiger partial charge in [0.05, 0.1) is 5.92 Å². The van der Waals surface area contributed by atoms with Gasteiger partial charge in [0.15, 0.2) is 0 Å². The monoisotopic (exact) mass is 369 g/mol. The van der Waals surface area contributed by atoms with Crippen LogP contribution in [-0.4, -0.2) is 24.3 Å². The maximum atomic E-state index is 12.9. The van der Waals surface area contributed by atoms with Gasteiger partial charge in [0.25, 0.3) is 0 Å². The SMILES string of the molecule is CC(=O)Nc1cccc(N2C[C@H](C(=O)NCc3ccc(F)cc3)CC2=O)c1. The molecule has 1 atom stereocenters. The number of carbonyl (C=O) groups is 3. The van der Waals surface area contributed by atoms with Crippen LogP contribution in [0.1, 0.15) is 18.9 Å². The number of halogens is 1. The lowest BCUT2D eigenvalue weighted by Gasteiger charge is -2.18. The van der Waals surface area contributed by atoms with Gasteiger partial charge in [-0.2, -0.15) is 0 Å². The van der Waals surface area contributed by atoms with Crippen LogP contribution in [0.3, 0.4) is 0 Å². The van der Waals surface area contributed by atoms with E-state index in [4.69, 9.17) is 0 Å². The Kier molecular flexibility index (Phi) is 5.49. The first-order valence-electron chi connectivity index (χ1n) is 8.62. The Morgan fingerprint density at radius 3 is 2.63 bits per heavy atom. The highest BCUT2D eigenvalue weighted by Gasteiger charge is 2.35. The van der Waals surface area contributed by atoms with Crippen molar-refractivity contribution >= 4 is 29.1 Å². The Hall–Kier alpha value is -3.22. The van der Waals surface area contributed by atoms with Gasteiger partial charge in [-0.15, -0.1) is 0 Å². The van der Waals surface area contributed by atoms with E-state index in [1.54, 1.807) is 41.3 Å². The lowest BCUT2D eigenvalue weighted by molar-refractivity contribution is -0.126. The zero-order valence-corrected chi connectivity index (χ0v) is 14.9. The largest absolute Gasteiger partial charge is 0.352 e. The molecule has 1 heterocycles. The van der Waals surface area contributed by atoms with Crippen molar-refractivity contribution in [2.24, 2.45) is 5.92 Å². The average Bonchev–Trinajstić information content (AvgIpc) is 3.02. The van der Waals surface area contributed by atoms with Crippen LogP contribution in [0.25, 0.3) is 0 Å². The lowest BCUT2D eigenvalue weighted by atomic mass is 10.1. The van der Waals surface area contributed by atoms with Crippen molar-refractivity contribution in [1.29, 1.82) is 0 Å². The quantitative estimate of drug-likeness (QED) is 0.850. The summed E-state index contributed by atoms with van der Waals surface area (Å²) in [4.78, 5) is 37.5. The Bertz CT molecular complexity index is 867. The predicted octanol–water partition coefficient (Wildman–Crippen LogP) is 2.45. The van der Waals surface area contributed by atoms with Crippen molar-refractivity contribution in [1.82, 2.24) is 5.32 Å². The van der Waals surface area contributed by atoms with E-state index in [9.17, 15) is 18.8 Å². The van der Waals surface area contributed by atoms with E-state index >= 15 is 0 Å². The van der Waals surface area contributed by atoms with Crippen LogP contribution < -0.4 is 15.5 Å². The van der Waals surface area contributed by atoms with Crippen molar-refractivity contribution < 1.29 is 18.8 Å². The molecule has 3 rings (SSSR count). The summed E-state index contributed by atoms with van der Waals surface area (Å²) in [6.07, 6.45) is 0.125. The molecule has 1 saturated heterocycles. The van der Waals surface area contributed by atoms with Gasteiger partial charge >= 0.3 is 0 Å². The van der Waals surface area contributed by atoms with Gasteiger partial charge < -0.3 is 15.5 Å². The summed E-state index contributed by atoms with van der Waals surface area (Å²) in [6, 6.07) is 12.8. The summed E-state index contributed by atoms with van der Waals surface area (Å²) in [5.74, 6) is -1.34. The molecule has 2 aromatic rings. The van der Waals surface area contributed by atoms with E-state index < -0.39 is 5.92 Å². The van der Waals surface area contributed by atoms with Crippen molar-refractivity contribution in [3.05, 3.63) is 59.9 Å². The fourth-order valence-electron chi connectivity index (χ4n) is 3.02. The van der Waals surface area contributed by atoms with Crippen LogP contribution in [-0.2, 0) is 20.9 Å². The number of carbonyl (C=O) groups excluding carboxylic acids is 3. The van der Waals surface area contributed by atoms with Crippen LogP contribution in [0.15, 0.2) is 48.5 Å². The number of anilines is 2. The summed E-state index contributed by atoms with van der Waals surface area (Å²) >= 11 is 0. The molecule has 0 aliphatic carbocycles. The van der Waals surface area contributed by atoms with Gasteiger partial charge in [-0.05, 0) is 35.9 Å². The zero-order chi connectivity index (χ0) is 19.4. The molecular formula is C20H20FN3O3. The molecule has 1 aliphatic heterocycles. The van der Waals surface area contributed by atoms with Gasteiger partial charge in [0.1, 0.15) is 5.82 Å². The van der Waals surface area contributed by atoms with Crippen LogP contribution in [0, 0.1) is 11.7 Å². The van der Waals surface area contributed by atoms with Gasteiger partial charge in [0, 0.05) is 37.8 Å². The van der Waals surface area contributed by atoms with E-state index in [1.165, 1.54) is 19.1 Å². The smallest absolute Gasteiger partial charge is 0.227 e. The second kappa shape index (κ2) is 7.99. The second-order valence-corrected chi connectivity index (χ2v) is 6.48. The summed E-state index contributed by atoms with van der Waals surface area (Å²) in [5.41, 5.74) is 2.02. The lowest BCUT2D eigenvalue weighted by Crippen LogP contribution is -2.32. The number of nitrogens with one attached hydrogen (secondary N) is 2. The molecule has 6 nitrogen and oxygen atoms in total. The molecule has 2 aromatic carbocycles. The minimum atomic E-state index is -0.456. The zero-order valence-electron chi connectivity index (χ0n) is 14.9. The molecule has 0 radical (unpaired) electrons. The third-order valence-electron chi connectivity index (χ3n) is 4.35. The van der Waals surface area contributed by atoms with Crippen LogP contribution in [0.4, 0.5) is 15.8 Å². The second-order valence-electron chi connectivity index (χ2n) is 6.48. The summed E-state index contributed by atoms with van der Waals surface area (Å²) in [6.45, 7) is 1.97. The number of nitrogens with zero attached hydrogens (tertiary/aromatic N) is 1. The Morgan fingerprint density at radius 2 is 1.93 bits per heavy atom. The van der Waals surface area contributed by atoms with E-state index in [-0.39, 0.29) is 43.0 Å². The van der Waals surface area contributed by atoms with Crippen LogP contribution in [0.2, 0.25) is 0 Å². The first-order valence-corrected chi connectivity index (χ1v) is 8.62. The van der Waals surface area contributed by atoms with Gasteiger partial charge in [-0.25, -0.2) is 4.39 Å². The van der Waals surface area contributed by atoms with E-state index in [1.807, 2.05) is 0 Å². The highest BCUT2D eigenvalue weighted by atomic mass is 19.1. The Morgan fingerprint density at radius 1 is 1.19 bits per heavy atom. The topological polar surface area (TPSA) is 78.5 Å². The first-order chi connectivity index (χ1) is 12.9. The summed E-state index contributed by atoms with van der Waals surface area (Å²) in [5, 5.41) is 5.47. The molecule has 0 unspecified atom stereocenters. The molecular weight excluding hydrogens is 349 g/mol. The Balaban J connectivity index is 1.62. The van der Waals surface area contributed by atoms with E-state index in [2.05, 4.69) is 10.6 Å². The molecule has 0 spiro atoms. The molecule has 0 bridgehead atoms. The highest BCUT2D eigenvalue weighted by Crippen LogP contribution is 2.27. The molecule has 7 heteroatoms. The molecule has 0 aromatic heterocycles. The van der Waals surface area contributed by atoms with Crippen LogP contribution in [0.5, 0.6) is 0 Å². The fraction of sp³-hybridized carbons (Fsp3) is 0.250. The number of benzene rings is 2. The van der Waals surface area contributed by atoms with Crippen LogP contribution >= 0.6 is 0 Å². The maximum Gasteiger partial charge on any atom is 0.227 e. The molecule has 27 heavy (non-hydrogen) atoms. The molecule has 1 fully saturated rings. The van der Waals surface area contributed by atoms with E-state index in [0.717, 1.165) is 5.56 Å². The molecule has 2 N–H and O–H groups in total. The number of hydrogen-bond donors (Lipinski definition) is 2. The van der Waals surface area contributed by atoms with Crippen molar-refractivity contribution in [3.8, 4) is 0 Å². The molecule has 0 saturated carbocycles. The molecule has 140 valence electrons. The molecule has 3 amide bonds. The third-order valence-corrected chi connectivity index (χ3v) is 4.35. The van der Waals surface area contributed by atoms with Gasteiger partial charge in [-0.3, -0.25) is 14.4 Å². The average molecular weight is 369 g/mol. The normalized spacial score (nSPS) is 16.3. The first kappa shape index (κ1) is 18.6. The number of rotatable bonds is 5. The minimum absolute atomic E-state index is 0.125. The highest BCUT2D eigenvalue weighted by molar-refractivity contribution is 6.01. The summed E-state index contributed by atoms with van der Waals surface area (Å²) < 4.78 is 12.9. The Labute approximate surface area is 156 Å². The third kappa shape index (κ3) is 4.69. The summed E-state index contributed by atoms with van der Waals surface area (Å²) in [7, 11) is 0. The number of amides is 3.